The van der Waals surface area contributed by atoms with E-state index in [4.69, 9.17) is 5.26 Å². The molecule has 5 heteroatoms. The van der Waals surface area contributed by atoms with Crippen molar-refractivity contribution in [3.05, 3.63) is 65.2 Å². The van der Waals surface area contributed by atoms with Crippen molar-refractivity contribution in [1.82, 2.24) is 4.72 Å². The van der Waals surface area contributed by atoms with Crippen molar-refractivity contribution < 1.29 is 8.42 Å². The molecule has 0 aliphatic rings. The van der Waals surface area contributed by atoms with Gasteiger partial charge in [0.25, 0.3) is 0 Å². The highest BCUT2D eigenvalue weighted by Crippen LogP contribution is 2.15. The molecule has 0 aromatic heterocycles. The number of nitriles is 1. The summed E-state index contributed by atoms with van der Waals surface area (Å²) in [5.41, 5.74) is 2.23. The maximum atomic E-state index is 12.2. The molecule has 4 nitrogen and oxygen atoms in total. The van der Waals surface area contributed by atoms with Crippen LogP contribution >= 0.6 is 0 Å². The second kappa shape index (κ2) is 6.53. The third kappa shape index (κ3) is 3.69. The van der Waals surface area contributed by atoms with Gasteiger partial charge < -0.3 is 0 Å². The number of rotatable bonds is 5. The Morgan fingerprint density at radius 2 is 1.67 bits per heavy atom. The second-order valence-electron chi connectivity index (χ2n) is 4.60. The fourth-order valence-corrected chi connectivity index (χ4v) is 3.12. The normalized spacial score (nSPS) is 11.0. The molecule has 0 radical (unpaired) electrons. The average Bonchev–Trinajstić information content (AvgIpc) is 2.53. The minimum atomic E-state index is -3.69. The molecule has 0 unspecified atom stereocenters. The van der Waals surface area contributed by atoms with Crippen LogP contribution < -0.4 is 4.72 Å². The van der Waals surface area contributed by atoms with Crippen LogP contribution in [-0.4, -0.2) is 8.42 Å². The molecule has 0 spiro atoms. The van der Waals surface area contributed by atoms with E-state index in [1.807, 2.05) is 30.3 Å². The Morgan fingerprint density at radius 1 is 1.05 bits per heavy atom. The Balaban J connectivity index is 2.16. The minimum absolute atomic E-state index is 0.0117. The lowest BCUT2D eigenvalue weighted by Crippen LogP contribution is -2.24. The summed E-state index contributed by atoms with van der Waals surface area (Å²) in [7, 11) is -3.69. The van der Waals surface area contributed by atoms with Crippen LogP contribution in [0.25, 0.3) is 0 Å². The molecule has 0 fully saturated rings. The van der Waals surface area contributed by atoms with E-state index < -0.39 is 10.0 Å². The molecule has 0 saturated heterocycles. The van der Waals surface area contributed by atoms with Crippen molar-refractivity contribution in [2.45, 2.75) is 24.8 Å². The van der Waals surface area contributed by atoms with Crippen LogP contribution in [0.3, 0.4) is 0 Å². The monoisotopic (exact) mass is 300 g/mol. The summed E-state index contributed by atoms with van der Waals surface area (Å²) in [5, 5.41) is 8.98. The molecule has 108 valence electrons. The van der Waals surface area contributed by atoms with Crippen LogP contribution in [-0.2, 0) is 23.0 Å². The quantitative estimate of drug-likeness (QED) is 0.922. The zero-order valence-corrected chi connectivity index (χ0v) is 12.5. The van der Waals surface area contributed by atoms with Crippen LogP contribution in [0, 0.1) is 11.3 Å². The van der Waals surface area contributed by atoms with Gasteiger partial charge in [0.1, 0.15) is 6.07 Å². The zero-order valence-electron chi connectivity index (χ0n) is 11.7. The van der Waals surface area contributed by atoms with E-state index in [2.05, 4.69) is 11.6 Å². The first-order chi connectivity index (χ1) is 10.1. The van der Waals surface area contributed by atoms with Gasteiger partial charge in [0.15, 0.2) is 0 Å². The maximum Gasteiger partial charge on any atom is 0.242 e. The topological polar surface area (TPSA) is 70.0 Å². The van der Waals surface area contributed by atoms with Gasteiger partial charge in [-0.05, 0) is 29.7 Å². The third-order valence-corrected chi connectivity index (χ3v) is 4.65. The molecular formula is C16H16N2O2S. The van der Waals surface area contributed by atoms with Crippen molar-refractivity contribution in [2.75, 3.05) is 0 Å². The van der Waals surface area contributed by atoms with E-state index in [1.54, 1.807) is 12.1 Å². The summed E-state index contributed by atoms with van der Waals surface area (Å²) < 4.78 is 27.0. The summed E-state index contributed by atoms with van der Waals surface area (Å²) in [4.78, 5) is 0.0117. The van der Waals surface area contributed by atoms with Gasteiger partial charge in [-0.2, -0.15) is 5.26 Å². The Kier molecular flexibility index (Phi) is 4.73. The van der Waals surface area contributed by atoms with Crippen LogP contribution in [0.4, 0.5) is 0 Å². The number of hydrogen-bond donors (Lipinski definition) is 1. The molecule has 21 heavy (non-hydrogen) atoms. The number of hydrogen-bond acceptors (Lipinski definition) is 3. The number of benzene rings is 2. The summed E-state index contributed by atoms with van der Waals surface area (Å²) >= 11 is 0. The first kappa shape index (κ1) is 15.2. The average molecular weight is 300 g/mol. The predicted octanol–water partition coefficient (Wildman–Crippen LogP) is 2.60. The predicted molar refractivity (Wildman–Crippen MR) is 81.0 cm³/mol. The summed E-state index contributed by atoms with van der Waals surface area (Å²) in [5.74, 6) is 0. The van der Waals surface area contributed by atoms with Crippen LogP contribution in [0.15, 0.2) is 53.4 Å². The molecule has 0 amide bonds. The molecular weight excluding hydrogens is 284 g/mol. The van der Waals surface area contributed by atoms with Gasteiger partial charge >= 0.3 is 0 Å². The van der Waals surface area contributed by atoms with Gasteiger partial charge in [0.2, 0.25) is 10.0 Å². The van der Waals surface area contributed by atoms with Gasteiger partial charge in [-0.1, -0.05) is 43.3 Å². The Bertz CT molecular complexity index is 760. The second-order valence-corrected chi connectivity index (χ2v) is 6.34. The molecule has 0 bridgehead atoms. The van der Waals surface area contributed by atoms with E-state index >= 15 is 0 Å². The van der Waals surface area contributed by atoms with E-state index in [0.717, 1.165) is 12.0 Å². The van der Waals surface area contributed by atoms with E-state index in [-0.39, 0.29) is 17.0 Å². The van der Waals surface area contributed by atoms with E-state index in [9.17, 15) is 8.42 Å². The first-order valence-electron chi connectivity index (χ1n) is 6.63. The first-order valence-corrected chi connectivity index (χ1v) is 8.11. The Labute approximate surface area is 125 Å². The molecule has 0 saturated carbocycles. The molecule has 0 aliphatic heterocycles. The van der Waals surface area contributed by atoms with Crippen molar-refractivity contribution >= 4 is 10.0 Å². The number of nitrogens with zero attached hydrogens (tertiary/aromatic N) is 1. The molecule has 0 heterocycles. The van der Waals surface area contributed by atoms with Crippen LogP contribution in [0.5, 0.6) is 0 Å². The fraction of sp³-hybridized carbons (Fsp3) is 0.188. The summed E-state index contributed by atoms with van der Waals surface area (Å²) in [6.07, 6.45) is 0.946. The summed E-state index contributed by atoms with van der Waals surface area (Å²) in [6.45, 7) is 2.27. The standard InChI is InChI=1S/C16H16N2O2S/c1-2-13-7-9-14(10-8-13)12-18-21(19,20)16-6-4-3-5-15(16)11-17/h3-10,18H,2,12H2,1H3. The van der Waals surface area contributed by atoms with Gasteiger partial charge in [0, 0.05) is 6.54 Å². The molecule has 1 N–H and O–H groups in total. The largest absolute Gasteiger partial charge is 0.242 e. The molecule has 0 aliphatic carbocycles. The highest BCUT2D eigenvalue weighted by molar-refractivity contribution is 7.89. The lowest BCUT2D eigenvalue weighted by molar-refractivity contribution is 0.581. The maximum absolute atomic E-state index is 12.2. The van der Waals surface area contributed by atoms with Crippen LogP contribution in [0.2, 0.25) is 0 Å². The van der Waals surface area contributed by atoms with Gasteiger partial charge in [0.05, 0.1) is 10.5 Å². The number of nitrogens with one attached hydrogen (secondary N) is 1. The van der Waals surface area contributed by atoms with Crippen molar-refractivity contribution in [2.24, 2.45) is 0 Å². The van der Waals surface area contributed by atoms with Crippen molar-refractivity contribution in [3.8, 4) is 6.07 Å². The smallest absolute Gasteiger partial charge is 0.207 e. The van der Waals surface area contributed by atoms with E-state index in [0.29, 0.717) is 0 Å². The molecule has 2 aromatic rings. The molecule has 2 aromatic carbocycles. The SMILES string of the molecule is CCc1ccc(CNS(=O)(=O)c2ccccc2C#N)cc1. The lowest BCUT2D eigenvalue weighted by atomic mass is 10.1. The lowest BCUT2D eigenvalue weighted by Gasteiger charge is -2.08. The number of aryl methyl sites for hydroxylation is 1. The molecule has 0 atom stereocenters. The van der Waals surface area contributed by atoms with Crippen LogP contribution in [0.1, 0.15) is 23.6 Å². The zero-order chi connectivity index (χ0) is 15.3. The van der Waals surface area contributed by atoms with Gasteiger partial charge in [-0.25, -0.2) is 13.1 Å². The third-order valence-electron chi connectivity index (χ3n) is 3.19. The van der Waals surface area contributed by atoms with Gasteiger partial charge in [-0.3, -0.25) is 0 Å². The van der Waals surface area contributed by atoms with Crippen molar-refractivity contribution in [1.29, 1.82) is 5.26 Å². The van der Waals surface area contributed by atoms with E-state index in [1.165, 1.54) is 17.7 Å². The highest BCUT2D eigenvalue weighted by atomic mass is 32.2. The highest BCUT2D eigenvalue weighted by Gasteiger charge is 2.17. The Hall–Kier alpha value is -2.16. The van der Waals surface area contributed by atoms with Gasteiger partial charge in [-0.15, -0.1) is 0 Å². The fourth-order valence-electron chi connectivity index (χ4n) is 1.94. The number of sulfonamides is 1. The summed E-state index contributed by atoms with van der Waals surface area (Å²) in [6, 6.07) is 15.8. The van der Waals surface area contributed by atoms with Crippen molar-refractivity contribution in [3.63, 3.8) is 0 Å². The Morgan fingerprint density at radius 3 is 2.29 bits per heavy atom. The minimum Gasteiger partial charge on any atom is -0.207 e. The molecule has 2 rings (SSSR count).